The molecule has 0 radical (unpaired) electrons. The Hall–Kier alpha value is -0.410. The molecular formula is C14H20BrFO. The second-order valence-corrected chi connectivity index (χ2v) is 5.24. The average Bonchev–Trinajstić information content (AvgIpc) is 2.28. The molecule has 1 nitrogen and oxygen atoms in total. The van der Waals surface area contributed by atoms with Gasteiger partial charge in [0.15, 0.2) is 0 Å². The monoisotopic (exact) mass is 302 g/mol. The highest BCUT2D eigenvalue weighted by molar-refractivity contribution is 9.10. The summed E-state index contributed by atoms with van der Waals surface area (Å²) in [7, 11) is 0. The van der Waals surface area contributed by atoms with Crippen molar-refractivity contribution in [1.29, 1.82) is 0 Å². The van der Waals surface area contributed by atoms with Gasteiger partial charge in [-0.05, 0) is 24.1 Å². The van der Waals surface area contributed by atoms with Crippen molar-refractivity contribution < 1.29 is 9.50 Å². The fourth-order valence-electron chi connectivity index (χ4n) is 1.87. The third-order valence-electron chi connectivity index (χ3n) is 2.90. The Morgan fingerprint density at radius 2 is 1.94 bits per heavy atom. The number of rotatable bonds is 7. The molecule has 0 aliphatic rings. The molecule has 0 aliphatic carbocycles. The van der Waals surface area contributed by atoms with Gasteiger partial charge in [-0.3, -0.25) is 0 Å². The molecule has 0 spiro atoms. The van der Waals surface area contributed by atoms with E-state index in [0.717, 1.165) is 24.8 Å². The lowest BCUT2D eigenvalue weighted by molar-refractivity contribution is 0.162. The topological polar surface area (TPSA) is 20.2 Å². The summed E-state index contributed by atoms with van der Waals surface area (Å²) in [6.45, 7) is 2.18. The summed E-state index contributed by atoms with van der Waals surface area (Å²) < 4.78 is 13.5. The van der Waals surface area contributed by atoms with E-state index in [0.29, 0.717) is 4.47 Å². The van der Waals surface area contributed by atoms with Crippen LogP contribution < -0.4 is 0 Å². The molecular weight excluding hydrogens is 283 g/mol. The van der Waals surface area contributed by atoms with Crippen molar-refractivity contribution in [2.45, 2.75) is 51.6 Å². The van der Waals surface area contributed by atoms with Gasteiger partial charge in [-0.2, -0.15) is 0 Å². The molecule has 1 atom stereocenters. The quantitative estimate of drug-likeness (QED) is 0.704. The van der Waals surface area contributed by atoms with Crippen LogP contribution in [-0.2, 0) is 0 Å². The van der Waals surface area contributed by atoms with Gasteiger partial charge >= 0.3 is 0 Å². The second kappa shape index (κ2) is 7.83. The number of aliphatic hydroxyl groups is 1. The Bertz CT molecular complexity index is 341. The zero-order valence-corrected chi connectivity index (χ0v) is 11.8. The third kappa shape index (κ3) is 5.17. The highest BCUT2D eigenvalue weighted by atomic mass is 79.9. The second-order valence-electron chi connectivity index (χ2n) is 4.38. The van der Waals surface area contributed by atoms with Crippen molar-refractivity contribution >= 4 is 15.9 Å². The molecule has 1 aromatic carbocycles. The van der Waals surface area contributed by atoms with Crippen LogP contribution in [0.3, 0.4) is 0 Å². The summed E-state index contributed by atoms with van der Waals surface area (Å²) in [6.07, 6.45) is 6.14. The molecule has 0 saturated heterocycles. The van der Waals surface area contributed by atoms with E-state index < -0.39 is 6.10 Å². The highest BCUT2D eigenvalue weighted by Crippen LogP contribution is 2.27. The van der Waals surface area contributed by atoms with E-state index in [4.69, 9.17) is 0 Å². The predicted octanol–water partition coefficient (Wildman–Crippen LogP) is 4.98. The lowest BCUT2D eigenvalue weighted by atomic mass is 10.0. The van der Waals surface area contributed by atoms with Crippen LogP contribution >= 0.6 is 15.9 Å². The van der Waals surface area contributed by atoms with Crippen LogP contribution in [0.25, 0.3) is 0 Å². The van der Waals surface area contributed by atoms with E-state index in [-0.39, 0.29) is 5.82 Å². The lowest BCUT2D eigenvalue weighted by Crippen LogP contribution is -1.99. The summed E-state index contributed by atoms with van der Waals surface area (Å²) in [4.78, 5) is 0. The molecule has 0 saturated carbocycles. The predicted molar refractivity (Wildman–Crippen MR) is 72.4 cm³/mol. The smallest absolute Gasteiger partial charge is 0.124 e. The maximum atomic E-state index is 12.9. The molecule has 96 valence electrons. The van der Waals surface area contributed by atoms with Gasteiger partial charge in [0.2, 0.25) is 0 Å². The van der Waals surface area contributed by atoms with Gasteiger partial charge in [-0.1, -0.05) is 61.0 Å². The SMILES string of the molecule is CCCCCCCC(O)c1ccc(F)cc1Br. The lowest BCUT2D eigenvalue weighted by Gasteiger charge is -2.12. The number of unbranched alkanes of at least 4 members (excludes halogenated alkanes) is 4. The maximum Gasteiger partial charge on any atom is 0.124 e. The van der Waals surface area contributed by atoms with E-state index >= 15 is 0 Å². The minimum atomic E-state index is -0.494. The summed E-state index contributed by atoms with van der Waals surface area (Å²) in [5, 5.41) is 10.00. The van der Waals surface area contributed by atoms with Crippen LogP contribution in [0.1, 0.15) is 57.1 Å². The van der Waals surface area contributed by atoms with Gasteiger partial charge in [0.05, 0.1) is 6.10 Å². The summed E-state index contributed by atoms with van der Waals surface area (Å²) in [6, 6.07) is 4.44. The van der Waals surface area contributed by atoms with Gasteiger partial charge in [-0.15, -0.1) is 0 Å². The zero-order chi connectivity index (χ0) is 12.7. The van der Waals surface area contributed by atoms with E-state index in [2.05, 4.69) is 22.9 Å². The van der Waals surface area contributed by atoms with Crippen molar-refractivity contribution in [1.82, 2.24) is 0 Å². The molecule has 0 heterocycles. The van der Waals surface area contributed by atoms with Gasteiger partial charge in [0.25, 0.3) is 0 Å². The fourth-order valence-corrected chi connectivity index (χ4v) is 2.48. The Morgan fingerprint density at radius 3 is 2.59 bits per heavy atom. The highest BCUT2D eigenvalue weighted by Gasteiger charge is 2.11. The maximum absolute atomic E-state index is 12.9. The molecule has 0 bridgehead atoms. The first-order valence-corrected chi connectivity index (χ1v) is 7.07. The average molecular weight is 303 g/mol. The van der Waals surface area contributed by atoms with Gasteiger partial charge < -0.3 is 5.11 Å². The van der Waals surface area contributed by atoms with E-state index in [1.165, 1.54) is 31.4 Å². The van der Waals surface area contributed by atoms with Crippen LogP contribution in [0.5, 0.6) is 0 Å². The molecule has 0 aliphatic heterocycles. The molecule has 1 rings (SSSR count). The molecule has 0 aromatic heterocycles. The largest absolute Gasteiger partial charge is 0.388 e. The van der Waals surface area contributed by atoms with Crippen molar-refractivity contribution in [2.24, 2.45) is 0 Å². The number of halogens is 2. The van der Waals surface area contributed by atoms with E-state index in [1.54, 1.807) is 6.07 Å². The molecule has 1 aromatic rings. The molecule has 1 N–H and O–H groups in total. The molecule has 0 fully saturated rings. The van der Waals surface area contributed by atoms with Crippen molar-refractivity contribution in [2.75, 3.05) is 0 Å². The first-order chi connectivity index (χ1) is 8.15. The summed E-state index contributed by atoms with van der Waals surface area (Å²) in [5.74, 6) is -0.282. The minimum absolute atomic E-state index is 0.282. The fraction of sp³-hybridized carbons (Fsp3) is 0.571. The van der Waals surface area contributed by atoms with Crippen molar-refractivity contribution in [3.05, 3.63) is 34.1 Å². The molecule has 0 amide bonds. The van der Waals surface area contributed by atoms with Crippen LogP contribution in [0.4, 0.5) is 4.39 Å². The number of hydrogen-bond acceptors (Lipinski definition) is 1. The molecule has 3 heteroatoms. The Balaban J connectivity index is 2.38. The van der Waals surface area contributed by atoms with Crippen molar-refractivity contribution in [3.63, 3.8) is 0 Å². The minimum Gasteiger partial charge on any atom is -0.388 e. The Labute approximate surface area is 111 Å². The van der Waals surface area contributed by atoms with Gasteiger partial charge in [0.1, 0.15) is 5.82 Å². The standard InChI is InChI=1S/C14H20BrFO/c1-2-3-4-5-6-7-14(17)12-9-8-11(16)10-13(12)15/h8-10,14,17H,2-7H2,1H3. The van der Waals surface area contributed by atoms with Crippen LogP contribution in [0.15, 0.2) is 22.7 Å². The Morgan fingerprint density at radius 1 is 1.24 bits per heavy atom. The first kappa shape index (κ1) is 14.7. The number of benzene rings is 1. The summed E-state index contributed by atoms with van der Waals surface area (Å²) in [5.41, 5.74) is 0.780. The summed E-state index contributed by atoms with van der Waals surface area (Å²) >= 11 is 3.28. The zero-order valence-electron chi connectivity index (χ0n) is 10.3. The number of hydrogen-bond donors (Lipinski definition) is 1. The third-order valence-corrected chi connectivity index (χ3v) is 3.59. The molecule has 1 unspecified atom stereocenters. The van der Waals surface area contributed by atoms with Gasteiger partial charge in [0, 0.05) is 4.47 Å². The van der Waals surface area contributed by atoms with Crippen LogP contribution in [0, 0.1) is 5.82 Å². The van der Waals surface area contributed by atoms with E-state index in [9.17, 15) is 9.50 Å². The Kier molecular flexibility index (Phi) is 6.75. The van der Waals surface area contributed by atoms with Gasteiger partial charge in [-0.25, -0.2) is 4.39 Å². The normalized spacial score (nSPS) is 12.7. The number of aliphatic hydroxyl groups excluding tert-OH is 1. The van der Waals surface area contributed by atoms with Crippen molar-refractivity contribution in [3.8, 4) is 0 Å². The van der Waals surface area contributed by atoms with Crippen LogP contribution in [-0.4, -0.2) is 5.11 Å². The van der Waals surface area contributed by atoms with E-state index in [1.807, 2.05) is 0 Å². The van der Waals surface area contributed by atoms with Crippen LogP contribution in [0.2, 0.25) is 0 Å². The first-order valence-electron chi connectivity index (χ1n) is 6.28. The molecule has 17 heavy (non-hydrogen) atoms.